The summed E-state index contributed by atoms with van der Waals surface area (Å²) in [6.45, 7) is 10.2. The third-order valence-corrected chi connectivity index (χ3v) is 3.92. The molecule has 1 fully saturated rings. The number of quaternary nitrogens is 2. The molecule has 2 N–H and O–H groups in total. The van der Waals surface area contributed by atoms with Gasteiger partial charge in [0.1, 0.15) is 0 Å². The zero-order valence-electron chi connectivity index (χ0n) is 10.9. The van der Waals surface area contributed by atoms with E-state index in [0.29, 0.717) is 0 Å². The van der Waals surface area contributed by atoms with Crippen LogP contribution in [0.15, 0.2) is 0 Å². The molecule has 0 spiro atoms. The molecule has 1 saturated heterocycles. The molecule has 0 saturated carbocycles. The largest absolute Gasteiger partial charge is 0.335 e. The number of nitrogens with one attached hydrogen (secondary N) is 2. The van der Waals surface area contributed by atoms with Crippen LogP contribution in [-0.4, -0.2) is 39.3 Å². The number of rotatable bonds is 6. The lowest BCUT2D eigenvalue weighted by molar-refractivity contribution is -0.947. The van der Waals surface area contributed by atoms with Gasteiger partial charge < -0.3 is 9.80 Å². The van der Waals surface area contributed by atoms with Gasteiger partial charge in [-0.2, -0.15) is 0 Å². The Labute approximate surface area is 95.6 Å². The van der Waals surface area contributed by atoms with Crippen molar-refractivity contribution in [2.75, 3.05) is 33.2 Å². The minimum absolute atomic E-state index is 0.956. The maximum absolute atomic E-state index is 2.39. The van der Waals surface area contributed by atoms with E-state index in [2.05, 4.69) is 20.9 Å². The predicted molar refractivity (Wildman–Crippen MR) is 65.5 cm³/mol. The van der Waals surface area contributed by atoms with Gasteiger partial charge >= 0.3 is 0 Å². The van der Waals surface area contributed by atoms with Crippen LogP contribution in [0.1, 0.15) is 46.0 Å². The summed E-state index contributed by atoms with van der Waals surface area (Å²) < 4.78 is 0. The molecule has 0 aliphatic carbocycles. The summed E-state index contributed by atoms with van der Waals surface area (Å²) in [5, 5.41) is 0. The smallest absolute Gasteiger partial charge is 0.0981 e. The summed E-state index contributed by atoms with van der Waals surface area (Å²) in [4.78, 5) is 3.63. The summed E-state index contributed by atoms with van der Waals surface area (Å²) in [6.07, 6.45) is 6.99. The predicted octanol–water partition coefficient (Wildman–Crippen LogP) is -0.241. The Balaban J connectivity index is 2.18. The van der Waals surface area contributed by atoms with Gasteiger partial charge in [-0.1, -0.05) is 20.3 Å². The molecule has 0 bridgehead atoms. The van der Waals surface area contributed by atoms with Crippen molar-refractivity contribution in [3.8, 4) is 0 Å². The first-order chi connectivity index (χ1) is 7.27. The van der Waals surface area contributed by atoms with Crippen molar-refractivity contribution >= 4 is 0 Å². The van der Waals surface area contributed by atoms with Gasteiger partial charge in [0.15, 0.2) is 0 Å². The second kappa shape index (κ2) is 7.24. The normalized spacial score (nSPS) is 29.0. The Bertz CT molecular complexity index is 151. The van der Waals surface area contributed by atoms with Gasteiger partial charge in [-0.3, -0.25) is 0 Å². The fourth-order valence-electron chi connectivity index (χ4n) is 2.78. The molecule has 1 unspecified atom stereocenters. The Hall–Kier alpha value is -0.0800. The van der Waals surface area contributed by atoms with E-state index in [0.717, 1.165) is 6.04 Å². The van der Waals surface area contributed by atoms with Crippen molar-refractivity contribution in [2.24, 2.45) is 0 Å². The molecule has 2 heteroatoms. The van der Waals surface area contributed by atoms with E-state index in [1.807, 2.05) is 4.90 Å². The number of likely N-dealkylation sites (tertiary alicyclic amines) is 1. The van der Waals surface area contributed by atoms with Crippen molar-refractivity contribution < 1.29 is 9.80 Å². The van der Waals surface area contributed by atoms with Crippen LogP contribution in [0.25, 0.3) is 0 Å². The molecule has 1 heterocycles. The second-order valence-electron chi connectivity index (χ2n) is 5.22. The summed E-state index contributed by atoms with van der Waals surface area (Å²) in [7, 11) is 2.39. The molecule has 1 aliphatic heterocycles. The van der Waals surface area contributed by atoms with E-state index in [9.17, 15) is 0 Å². The van der Waals surface area contributed by atoms with E-state index >= 15 is 0 Å². The van der Waals surface area contributed by atoms with Gasteiger partial charge in [0.2, 0.25) is 0 Å². The zero-order valence-corrected chi connectivity index (χ0v) is 10.9. The standard InChI is InChI=1S/C13H28N2/c1-4-6-10-14(3)13-7-11-15(9-5-2)12-8-13/h13H,4-12H2,1-3H3/p+2. The van der Waals surface area contributed by atoms with Gasteiger partial charge in [0.25, 0.3) is 0 Å². The average Bonchev–Trinajstić information content (AvgIpc) is 2.27. The van der Waals surface area contributed by atoms with E-state index in [1.165, 1.54) is 58.3 Å². The quantitative estimate of drug-likeness (QED) is 0.604. The lowest BCUT2D eigenvalue weighted by Gasteiger charge is -2.32. The highest BCUT2D eigenvalue weighted by atomic mass is 15.2. The first-order valence-corrected chi connectivity index (χ1v) is 6.93. The van der Waals surface area contributed by atoms with Crippen molar-refractivity contribution in [2.45, 2.75) is 52.0 Å². The molecule has 0 aromatic carbocycles. The molecular weight excluding hydrogens is 184 g/mol. The van der Waals surface area contributed by atoms with Gasteiger partial charge in [0, 0.05) is 12.8 Å². The van der Waals surface area contributed by atoms with Gasteiger partial charge in [0.05, 0.1) is 39.3 Å². The van der Waals surface area contributed by atoms with Crippen LogP contribution in [0, 0.1) is 0 Å². The van der Waals surface area contributed by atoms with E-state index in [4.69, 9.17) is 0 Å². The van der Waals surface area contributed by atoms with E-state index in [-0.39, 0.29) is 0 Å². The Morgan fingerprint density at radius 2 is 1.80 bits per heavy atom. The number of hydrogen-bond acceptors (Lipinski definition) is 0. The van der Waals surface area contributed by atoms with Gasteiger partial charge in [-0.05, 0) is 12.8 Å². The van der Waals surface area contributed by atoms with Crippen LogP contribution in [0.3, 0.4) is 0 Å². The minimum Gasteiger partial charge on any atom is -0.335 e. The first kappa shape index (κ1) is 13.0. The number of unbranched alkanes of at least 4 members (excludes halogenated alkanes) is 1. The highest BCUT2D eigenvalue weighted by Gasteiger charge is 2.26. The topological polar surface area (TPSA) is 8.88 Å². The van der Waals surface area contributed by atoms with Crippen molar-refractivity contribution in [1.82, 2.24) is 0 Å². The summed E-state index contributed by atoms with van der Waals surface area (Å²) in [6, 6.07) is 0.956. The lowest BCUT2D eigenvalue weighted by atomic mass is 10.0. The highest BCUT2D eigenvalue weighted by molar-refractivity contribution is 4.59. The fraction of sp³-hybridized carbons (Fsp3) is 1.00. The monoisotopic (exact) mass is 214 g/mol. The Morgan fingerprint density at radius 1 is 1.13 bits per heavy atom. The zero-order chi connectivity index (χ0) is 11.1. The van der Waals surface area contributed by atoms with Crippen molar-refractivity contribution in [3.63, 3.8) is 0 Å². The number of hydrogen-bond donors (Lipinski definition) is 2. The highest BCUT2D eigenvalue weighted by Crippen LogP contribution is 1.95. The molecule has 1 atom stereocenters. The van der Waals surface area contributed by atoms with Gasteiger partial charge in [-0.15, -0.1) is 0 Å². The van der Waals surface area contributed by atoms with Crippen LogP contribution < -0.4 is 9.80 Å². The third-order valence-electron chi connectivity index (χ3n) is 3.92. The van der Waals surface area contributed by atoms with Crippen LogP contribution >= 0.6 is 0 Å². The molecule has 0 aromatic heterocycles. The fourth-order valence-corrected chi connectivity index (χ4v) is 2.78. The van der Waals surface area contributed by atoms with E-state index < -0.39 is 0 Å². The SMILES string of the molecule is CCCC[NH+](C)C1CC[NH+](CCC)CC1. The molecule has 2 nitrogen and oxygen atoms in total. The van der Waals surface area contributed by atoms with E-state index in [1.54, 1.807) is 4.90 Å². The van der Waals surface area contributed by atoms with Crippen LogP contribution in [0.2, 0.25) is 0 Å². The molecule has 0 radical (unpaired) electrons. The van der Waals surface area contributed by atoms with Gasteiger partial charge in [-0.25, -0.2) is 0 Å². The molecule has 1 aliphatic rings. The molecule has 90 valence electrons. The lowest BCUT2D eigenvalue weighted by Crippen LogP contribution is -3.19. The maximum Gasteiger partial charge on any atom is 0.0981 e. The van der Waals surface area contributed by atoms with Crippen molar-refractivity contribution in [1.29, 1.82) is 0 Å². The maximum atomic E-state index is 2.39. The third kappa shape index (κ3) is 4.52. The molecular formula is C13H30N2+2. The molecule has 0 amide bonds. The molecule has 0 aromatic rings. The Morgan fingerprint density at radius 3 is 2.33 bits per heavy atom. The van der Waals surface area contributed by atoms with Crippen LogP contribution in [0.4, 0.5) is 0 Å². The van der Waals surface area contributed by atoms with Crippen LogP contribution in [0.5, 0.6) is 0 Å². The molecule has 1 rings (SSSR count). The molecule has 15 heavy (non-hydrogen) atoms. The minimum atomic E-state index is 0.956. The average molecular weight is 214 g/mol. The van der Waals surface area contributed by atoms with Crippen LogP contribution in [-0.2, 0) is 0 Å². The first-order valence-electron chi connectivity index (χ1n) is 6.93. The second-order valence-corrected chi connectivity index (χ2v) is 5.22. The summed E-state index contributed by atoms with van der Waals surface area (Å²) in [5.41, 5.74) is 0. The number of piperidine rings is 1. The summed E-state index contributed by atoms with van der Waals surface area (Å²) >= 11 is 0. The summed E-state index contributed by atoms with van der Waals surface area (Å²) in [5.74, 6) is 0. The van der Waals surface area contributed by atoms with Crippen molar-refractivity contribution in [3.05, 3.63) is 0 Å². The Kier molecular flexibility index (Phi) is 6.26.